The lowest BCUT2D eigenvalue weighted by atomic mass is 9.79. The summed E-state index contributed by atoms with van der Waals surface area (Å²) in [5.74, 6) is -0.683. The normalized spacial score (nSPS) is 23.7. The Hall–Kier alpha value is -4.33. The zero-order chi connectivity index (χ0) is 27.8. The number of aliphatic carboxylic acids is 1. The molecule has 0 spiro atoms. The second-order valence-electron chi connectivity index (χ2n) is 10.8. The van der Waals surface area contributed by atoms with Crippen LogP contribution in [0.4, 0.5) is 5.69 Å². The first kappa shape index (κ1) is 25.9. The minimum atomic E-state index is -1.00. The number of nitrogens with zero attached hydrogens (tertiary/aromatic N) is 1. The Morgan fingerprint density at radius 2 is 1.55 bits per heavy atom. The number of ether oxygens (including phenoxy) is 2. The van der Waals surface area contributed by atoms with Gasteiger partial charge in [0, 0.05) is 24.2 Å². The van der Waals surface area contributed by atoms with Crippen molar-refractivity contribution in [2.24, 2.45) is 0 Å². The predicted molar refractivity (Wildman–Crippen MR) is 149 cm³/mol. The Kier molecular flexibility index (Phi) is 6.92. The Balaban J connectivity index is 1.36. The first-order valence-electron chi connectivity index (χ1n) is 13.8. The Bertz CT molecular complexity index is 1440. The molecule has 206 valence electrons. The molecule has 0 bridgehead atoms. The molecule has 2 atom stereocenters. The molecular formula is C32H32N2O6. The van der Waals surface area contributed by atoms with Gasteiger partial charge in [-0.1, -0.05) is 36.4 Å². The molecule has 6 rings (SSSR count). The van der Waals surface area contributed by atoms with Crippen LogP contribution in [0.15, 0.2) is 66.7 Å². The average Bonchev–Trinajstić information content (AvgIpc) is 2.97. The van der Waals surface area contributed by atoms with Gasteiger partial charge in [0.2, 0.25) is 5.91 Å². The van der Waals surface area contributed by atoms with E-state index in [0.29, 0.717) is 53.0 Å². The number of carbonyl (C=O) groups is 3. The molecule has 0 unspecified atom stereocenters. The van der Waals surface area contributed by atoms with Gasteiger partial charge < -0.3 is 19.9 Å². The van der Waals surface area contributed by atoms with Gasteiger partial charge in [-0.15, -0.1) is 0 Å². The van der Waals surface area contributed by atoms with E-state index in [2.05, 4.69) is 5.32 Å². The van der Waals surface area contributed by atoms with Gasteiger partial charge in [-0.25, -0.2) is 0 Å². The molecule has 2 heterocycles. The van der Waals surface area contributed by atoms with Crippen LogP contribution in [-0.2, 0) is 9.59 Å². The van der Waals surface area contributed by atoms with Gasteiger partial charge in [-0.2, -0.15) is 0 Å². The third kappa shape index (κ3) is 4.78. The van der Waals surface area contributed by atoms with Crippen LogP contribution in [0.1, 0.15) is 77.5 Å². The third-order valence-corrected chi connectivity index (χ3v) is 8.29. The van der Waals surface area contributed by atoms with Gasteiger partial charge in [-0.3, -0.25) is 19.3 Å². The van der Waals surface area contributed by atoms with E-state index in [0.717, 1.165) is 25.7 Å². The van der Waals surface area contributed by atoms with E-state index >= 15 is 0 Å². The summed E-state index contributed by atoms with van der Waals surface area (Å²) in [4.78, 5) is 39.9. The SMILES string of the molecule is CC(=O)NC1CCC(c2ccc(N3C(=O)c4ccccc4[C@H](C(=O)O)[C@H]3c3ccc4c(c3)OCCO4)cc2)CC1. The smallest absolute Gasteiger partial charge is 0.313 e. The zero-order valence-electron chi connectivity index (χ0n) is 22.3. The topological polar surface area (TPSA) is 105 Å². The summed E-state index contributed by atoms with van der Waals surface area (Å²) in [5, 5.41) is 13.5. The first-order valence-corrected chi connectivity index (χ1v) is 13.8. The zero-order valence-corrected chi connectivity index (χ0v) is 22.3. The molecule has 0 radical (unpaired) electrons. The third-order valence-electron chi connectivity index (χ3n) is 8.29. The maximum absolute atomic E-state index is 14.0. The highest BCUT2D eigenvalue weighted by atomic mass is 16.6. The number of amides is 2. The maximum atomic E-state index is 14.0. The van der Waals surface area contributed by atoms with Crippen molar-refractivity contribution < 1.29 is 29.0 Å². The number of carboxylic acids is 1. The lowest BCUT2D eigenvalue weighted by Crippen LogP contribution is -2.45. The van der Waals surface area contributed by atoms with Crippen molar-refractivity contribution in [2.45, 2.75) is 56.5 Å². The highest BCUT2D eigenvalue weighted by molar-refractivity contribution is 6.11. The fourth-order valence-electron chi connectivity index (χ4n) is 6.44. The first-order chi connectivity index (χ1) is 19.4. The molecule has 0 saturated heterocycles. The number of rotatable bonds is 5. The van der Waals surface area contributed by atoms with Crippen LogP contribution >= 0.6 is 0 Å². The molecule has 8 heteroatoms. The molecule has 2 aliphatic heterocycles. The molecular weight excluding hydrogens is 508 g/mol. The molecule has 1 saturated carbocycles. The Morgan fingerprint density at radius 1 is 0.875 bits per heavy atom. The molecule has 0 aromatic heterocycles. The Morgan fingerprint density at radius 3 is 2.25 bits per heavy atom. The second kappa shape index (κ2) is 10.7. The lowest BCUT2D eigenvalue weighted by molar-refractivity contribution is -0.139. The number of nitrogens with one attached hydrogen (secondary N) is 1. The number of fused-ring (bicyclic) bond motifs is 2. The van der Waals surface area contributed by atoms with E-state index in [9.17, 15) is 19.5 Å². The van der Waals surface area contributed by atoms with Crippen molar-refractivity contribution >= 4 is 23.5 Å². The fraction of sp³-hybridized carbons (Fsp3) is 0.344. The van der Waals surface area contributed by atoms with Crippen molar-refractivity contribution in [1.29, 1.82) is 0 Å². The van der Waals surface area contributed by atoms with Crippen LogP contribution in [0.3, 0.4) is 0 Å². The quantitative estimate of drug-likeness (QED) is 0.462. The summed E-state index contributed by atoms with van der Waals surface area (Å²) in [6.07, 6.45) is 3.81. The molecule has 3 aromatic carbocycles. The van der Waals surface area contributed by atoms with Gasteiger partial charge in [0.25, 0.3) is 5.91 Å². The molecule has 8 nitrogen and oxygen atoms in total. The van der Waals surface area contributed by atoms with Crippen molar-refractivity contribution in [2.75, 3.05) is 18.1 Å². The van der Waals surface area contributed by atoms with E-state index < -0.39 is 17.9 Å². The van der Waals surface area contributed by atoms with E-state index in [4.69, 9.17) is 9.47 Å². The number of benzene rings is 3. The van der Waals surface area contributed by atoms with Crippen molar-refractivity contribution in [3.63, 3.8) is 0 Å². The summed E-state index contributed by atoms with van der Waals surface area (Å²) in [6.45, 7) is 2.41. The van der Waals surface area contributed by atoms with Crippen molar-refractivity contribution in [1.82, 2.24) is 5.32 Å². The van der Waals surface area contributed by atoms with Gasteiger partial charge >= 0.3 is 5.97 Å². The molecule has 1 fully saturated rings. The van der Waals surface area contributed by atoms with Gasteiger partial charge in [-0.05, 0) is 78.6 Å². The lowest BCUT2D eigenvalue weighted by Gasteiger charge is -2.41. The van der Waals surface area contributed by atoms with E-state index in [1.54, 1.807) is 48.2 Å². The number of carboxylic acid groups (broad SMARTS) is 1. The van der Waals surface area contributed by atoms with E-state index in [1.165, 1.54) is 5.56 Å². The van der Waals surface area contributed by atoms with E-state index in [1.807, 2.05) is 30.3 Å². The number of hydrogen-bond acceptors (Lipinski definition) is 5. The standard InChI is InChI=1S/C32H32N2O6/c1-19(35)33-23-11-6-20(7-12-23)21-8-13-24(14-9-21)34-30(22-10-15-27-28(18-22)40-17-16-39-27)29(32(37)38)25-4-2-3-5-26(25)31(34)36/h2-5,8-10,13-15,18,20,23,29-30H,6-7,11-12,16-17H2,1H3,(H,33,35)(H,37,38)/t20?,23?,29-,30+/m0/s1. The van der Waals surface area contributed by atoms with Gasteiger partial charge in [0.05, 0.1) is 6.04 Å². The van der Waals surface area contributed by atoms with Crippen LogP contribution in [0.25, 0.3) is 0 Å². The number of carbonyl (C=O) groups excluding carboxylic acids is 2. The van der Waals surface area contributed by atoms with Crippen LogP contribution < -0.4 is 19.7 Å². The maximum Gasteiger partial charge on any atom is 0.313 e. The molecule has 3 aromatic rings. The van der Waals surface area contributed by atoms with Gasteiger partial charge in [0.1, 0.15) is 19.1 Å². The van der Waals surface area contributed by atoms with Crippen LogP contribution in [-0.4, -0.2) is 42.1 Å². The summed E-state index contributed by atoms with van der Waals surface area (Å²) in [7, 11) is 0. The summed E-state index contributed by atoms with van der Waals surface area (Å²) in [6, 6.07) is 19.7. The van der Waals surface area contributed by atoms with Gasteiger partial charge in [0.15, 0.2) is 11.5 Å². The largest absolute Gasteiger partial charge is 0.486 e. The highest BCUT2D eigenvalue weighted by Crippen LogP contribution is 2.47. The fourth-order valence-corrected chi connectivity index (χ4v) is 6.44. The van der Waals surface area contributed by atoms with Crippen LogP contribution in [0.5, 0.6) is 11.5 Å². The molecule has 3 aliphatic rings. The number of hydrogen-bond donors (Lipinski definition) is 2. The molecule has 40 heavy (non-hydrogen) atoms. The van der Waals surface area contributed by atoms with Crippen molar-refractivity contribution in [3.8, 4) is 11.5 Å². The van der Waals surface area contributed by atoms with E-state index in [-0.39, 0.29) is 17.9 Å². The minimum Gasteiger partial charge on any atom is -0.486 e. The molecule has 2 amide bonds. The monoisotopic (exact) mass is 540 g/mol. The van der Waals surface area contributed by atoms with Crippen molar-refractivity contribution in [3.05, 3.63) is 89.0 Å². The minimum absolute atomic E-state index is 0.00723. The highest BCUT2D eigenvalue weighted by Gasteiger charge is 2.45. The average molecular weight is 541 g/mol. The van der Waals surface area contributed by atoms with Crippen LogP contribution in [0.2, 0.25) is 0 Å². The van der Waals surface area contributed by atoms with Crippen LogP contribution in [0, 0.1) is 0 Å². The summed E-state index contributed by atoms with van der Waals surface area (Å²) in [5.41, 5.74) is 3.38. The molecule has 2 N–H and O–H groups in total. The Labute approximate surface area is 232 Å². The predicted octanol–water partition coefficient (Wildman–Crippen LogP) is 5.19. The summed E-state index contributed by atoms with van der Waals surface area (Å²) < 4.78 is 11.5. The molecule has 1 aliphatic carbocycles. The number of anilines is 1. The summed E-state index contributed by atoms with van der Waals surface area (Å²) >= 11 is 0. The second-order valence-corrected chi connectivity index (χ2v) is 10.8.